The third-order valence-electron chi connectivity index (χ3n) is 3.49. The molecule has 1 aromatic heterocycles. The summed E-state index contributed by atoms with van der Waals surface area (Å²) in [5.74, 6) is 0. The Kier molecular flexibility index (Phi) is 3.22. The third kappa shape index (κ3) is 2.35. The van der Waals surface area contributed by atoms with Crippen LogP contribution in [0, 0.1) is 0 Å². The first-order chi connectivity index (χ1) is 8.93. The molecule has 1 nitrogen and oxygen atoms in total. The zero-order chi connectivity index (χ0) is 12.2. The summed E-state index contributed by atoms with van der Waals surface area (Å²) in [7, 11) is 0. The van der Waals surface area contributed by atoms with Gasteiger partial charge in [0.25, 0.3) is 0 Å². The van der Waals surface area contributed by atoms with Gasteiger partial charge in [-0.3, -0.25) is 4.98 Å². The van der Waals surface area contributed by atoms with Crippen LogP contribution < -0.4 is 0 Å². The number of allylic oxidation sites excluding steroid dienone is 2. The van der Waals surface area contributed by atoms with E-state index in [1.54, 1.807) is 0 Å². The van der Waals surface area contributed by atoms with Crippen LogP contribution in [0.25, 0.3) is 16.7 Å². The number of pyridine rings is 1. The minimum atomic E-state index is 1.15. The van der Waals surface area contributed by atoms with E-state index >= 15 is 0 Å². The van der Waals surface area contributed by atoms with Gasteiger partial charge in [-0.1, -0.05) is 42.5 Å². The fourth-order valence-corrected chi connectivity index (χ4v) is 2.46. The number of benzene rings is 1. The van der Waals surface area contributed by atoms with Crippen molar-refractivity contribution in [1.29, 1.82) is 0 Å². The predicted octanol–water partition coefficient (Wildman–Crippen LogP) is 4.71. The van der Waals surface area contributed by atoms with Gasteiger partial charge in [0.2, 0.25) is 0 Å². The van der Waals surface area contributed by atoms with Gasteiger partial charge >= 0.3 is 0 Å². The molecule has 0 saturated carbocycles. The zero-order valence-corrected chi connectivity index (χ0v) is 10.5. The molecular weight excluding hydrogens is 218 g/mol. The van der Waals surface area contributed by atoms with Gasteiger partial charge in [0, 0.05) is 11.8 Å². The minimum Gasteiger partial charge on any atom is -0.256 e. The molecule has 1 aromatic carbocycles. The molecule has 0 bridgehead atoms. The van der Waals surface area contributed by atoms with Crippen molar-refractivity contribution in [2.24, 2.45) is 0 Å². The van der Waals surface area contributed by atoms with Crippen LogP contribution in [-0.4, -0.2) is 4.98 Å². The largest absolute Gasteiger partial charge is 0.256 e. The Morgan fingerprint density at radius 1 is 0.833 bits per heavy atom. The lowest BCUT2D eigenvalue weighted by atomic mass is 9.96. The molecule has 0 N–H and O–H groups in total. The summed E-state index contributed by atoms with van der Waals surface area (Å²) < 4.78 is 0. The van der Waals surface area contributed by atoms with Crippen LogP contribution in [0.4, 0.5) is 0 Å². The molecule has 3 rings (SSSR count). The first-order valence-corrected chi connectivity index (χ1v) is 6.64. The number of aromatic nitrogens is 1. The molecule has 0 aliphatic heterocycles. The number of hydrogen-bond acceptors (Lipinski definition) is 1. The van der Waals surface area contributed by atoms with Gasteiger partial charge in [0.1, 0.15) is 0 Å². The number of rotatable bonds is 2. The van der Waals surface area contributed by atoms with Crippen LogP contribution in [-0.2, 0) is 0 Å². The highest BCUT2D eigenvalue weighted by Crippen LogP contribution is 2.26. The summed E-state index contributed by atoms with van der Waals surface area (Å²) in [6.07, 6.45) is 9.34. The van der Waals surface area contributed by atoms with Crippen LogP contribution in [0.2, 0.25) is 0 Å². The normalized spacial score (nSPS) is 15.2. The highest BCUT2D eigenvalue weighted by Gasteiger charge is 2.07. The van der Waals surface area contributed by atoms with E-state index in [-0.39, 0.29) is 0 Å². The molecule has 2 aromatic rings. The Morgan fingerprint density at radius 3 is 2.39 bits per heavy atom. The molecule has 0 unspecified atom stereocenters. The smallest absolute Gasteiger partial charge is 0.0658 e. The lowest BCUT2D eigenvalue weighted by Gasteiger charge is -2.12. The van der Waals surface area contributed by atoms with Gasteiger partial charge in [0.05, 0.1) is 5.69 Å². The maximum Gasteiger partial charge on any atom is 0.0658 e. The molecule has 0 radical (unpaired) electrons. The van der Waals surface area contributed by atoms with Crippen molar-refractivity contribution < 1.29 is 0 Å². The maximum absolute atomic E-state index is 4.61. The van der Waals surface area contributed by atoms with Crippen molar-refractivity contribution in [3.63, 3.8) is 0 Å². The lowest BCUT2D eigenvalue weighted by molar-refractivity contribution is 0.740. The first kappa shape index (κ1) is 11.2. The summed E-state index contributed by atoms with van der Waals surface area (Å²) >= 11 is 0. The zero-order valence-electron chi connectivity index (χ0n) is 10.5. The fourth-order valence-electron chi connectivity index (χ4n) is 2.46. The van der Waals surface area contributed by atoms with Crippen LogP contribution in [0.5, 0.6) is 0 Å². The Morgan fingerprint density at radius 2 is 1.72 bits per heavy atom. The molecular formula is C17H17N. The molecule has 0 spiro atoms. The third-order valence-corrected chi connectivity index (χ3v) is 3.49. The Labute approximate surface area is 108 Å². The highest BCUT2D eigenvalue weighted by atomic mass is 14.7. The van der Waals surface area contributed by atoms with Crippen LogP contribution in [0.3, 0.4) is 0 Å². The van der Waals surface area contributed by atoms with Gasteiger partial charge in [-0.15, -0.1) is 0 Å². The lowest BCUT2D eigenvalue weighted by Crippen LogP contribution is -1.94. The van der Waals surface area contributed by atoms with E-state index in [2.05, 4.69) is 47.5 Å². The van der Waals surface area contributed by atoms with Crippen LogP contribution in [0.1, 0.15) is 31.4 Å². The second-order valence-corrected chi connectivity index (χ2v) is 4.77. The molecule has 1 heteroatoms. The first-order valence-electron chi connectivity index (χ1n) is 6.64. The van der Waals surface area contributed by atoms with Gasteiger partial charge in [-0.05, 0) is 42.9 Å². The maximum atomic E-state index is 4.61. The molecule has 0 atom stereocenters. The van der Waals surface area contributed by atoms with Gasteiger partial charge in [-0.25, -0.2) is 0 Å². The monoisotopic (exact) mass is 235 g/mol. The summed E-state index contributed by atoms with van der Waals surface area (Å²) in [5, 5.41) is 0. The van der Waals surface area contributed by atoms with E-state index in [1.807, 2.05) is 12.3 Å². The Balaban J connectivity index is 1.87. The summed E-state index contributed by atoms with van der Waals surface area (Å²) in [6, 6.07) is 14.7. The summed E-state index contributed by atoms with van der Waals surface area (Å²) in [6.45, 7) is 0. The van der Waals surface area contributed by atoms with Crippen molar-refractivity contribution >= 4 is 5.57 Å². The predicted molar refractivity (Wildman–Crippen MR) is 76.1 cm³/mol. The average Bonchev–Trinajstić information content (AvgIpc) is 2.49. The second-order valence-electron chi connectivity index (χ2n) is 4.77. The van der Waals surface area contributed by atoms with E-state index in [0.29, 0.717) is 0 Å². The molecule has 0 amide bonds. The topological polar surface area (TPSA) is 12.9 Å². The van der Waals surface area contributed by atoms with Crippen molar-refractivity contribution in [1.82, 2.24) is 4.98 Å². The van der Waals surface area contributed by atoms with Crippen molar-refractivity contribution in [3.05, 3.63) is 60.4 Å². The quantitative estimate of drug-likeness (QED) is 0.734. The molecule has 1 aliphatic rings. The molecule has 90 valence electrons. The van der Waals surface area contributed by atoms with E-state index in [1.165, 1.54) is 42.4 Å². The molecule has 1 aliphatic carbocycles. The Bertz CT molecular complexity index is 538. The van der Waals surface area contributed by atoms with E-state index < -0.39 is 0 Å². The van der Waals surface area contributed by atoms with Crippen molar-refractivity contribution in [2.45, 2.75) is 25.7 Å². The highest BCUT2D eigenvalue weighted by molar-refractivity contribution is 5.67. The Hall–Kier alpha value is -1.89. The van der Waals surface area contributed by atoms with Crippen LogP contribution in [0.15, 0.2) is 54.7 Å². The minimum absolute atomic E-state index is 1.15. The average molecular weight is 235 g/mol. The second kappa shape index (κ2) is 5.18. The van der Waals surface area contributed by atoms with E-state index in [9.17, 15) is 0 Å². The fraction of sp³-hybridized carbons (Fsp3) is 0.235. The van der Waals surface area contributed by atoms with Crippen molar-refractivity contribution in [2.75, 3.05) is 0 Å². The van der Waals surface area contributed by atoms with Crippen LogP contribution >= 0.6 is 0 Å². The molecule has 1 heterocycles. The molecule has 0 fully saturated rings. The van der Waals surface area contributed by atoms with E-state index in [4.69, 9.17) is 0 Å². The van der Waals surface area contributed by atoms with Gasteiger partial charge in [0.15, 0.2) is 0 Å². The van der Waals surface area contributed by atoms with Crippen molar-refractivity contribution in [3.8, 4) is 11.1 Å². The summed E-state index contributed by atoms with van der Waals surface area (Å²) in [4.78, 5) is 4.61. The number of hydrogen-bond donors (Lipinski definition) is 0. The summed E-state index contributed by atoms with van der Waals surface area (Å²) in [5.41, 5.74) is 4.99. The van der Waals surface area contributed by atoms with Gasteiger partial charge < -0.3 is 0 Å². The molecule has 0 saturated heterocycles. The molecule has 18 heavy (non-hydrogen) atoms. The van der Waals surface area contributed by atoms with E-state index in [0.717, 1.165) is 5.69 Å². The van der Waals surface area contributed by atoms with Gasteiger partial charge in [-0.2, -0.15) is 0 Å². The standard InChI is InChI=1S/C17H17N/c1-3-7-14(8-4-1)16-11-12-17(18-13-16)15-9-5-2-6-10-15/h1,3-4,7-9,11-13H,2,5-6,10H2. The number of nitrogens with zero attached hydrogens (tertiary/aromatic N) is 1. The SMILES string of the molecule is C1=C(c2ccc(-c3ccccc3)cn2)CCCC1.